The number of alkyl halides is 1. The van der Waals surface area contributed by atoms with Gasteiger partial charge in [-0.1, -0.05) is 26.8 Å². The van der Waals surface area contributed by atoms with Gasteiger partial charge in [-0.25, -0.2) is 0 Å². The van der Waals surface area contributed by atoms with Crippen molar-refractivity contribution < 1.29 is 4.43 Å². The molecule has 90 valence electrons. The highest BCUT2D eigenvalue weighted by Crippen LogP contribution is 2.37. The molecule has 0 aromatic rings. The average Bonchev–Trinajstić information content (AvgIpc) is 2.11. The first-order valence-electron chi connectivity index (χ1n) is 5.30. The van der Waals surface area contributed by atoms with Crippen molar-refractivity contribution >= 4 is 19.9 Å². The summed E-state index contributed by atoms with van der Waals surface area (Å²) >= 11 is 6.09. The normalized spacial score (nSPS) is 17.3. The Morgan fingerprint density at radius 2 is 1.93 bits per heavy atom. The van der Waals surface area contributed by atoms with Crippen molar-refractivity contribution in [3.8, 4) is 0 Å². The molecule has 0 aliphatic rings. The zero-order valence-electron chi connectivity index (χ0n) is 10.5. The highest BCUT2D eigenvalue weighted by molar-refractivity contribution is 6.74. The third kappa shape index (κ3) is 4.27. The zero-order chi connectivity index (χ0) is 12.3. The fraction of sp³-hybridized carbons (Fsp3) is 0.818. The van der Waals surface area contributed by atoms with E-state index in [1.165, 1.54) is 0 Å². The van der Waals surface area contributed by atoms with Crippen LogP contribution in [0.25, 0.3) is 0 Å². The molecule has 0 amide bonds. The predicted octanol–water partition coefficient (Wildman–Crippen LogP) is 3.13. The van der Waals surface area contributed by atoms with Crippen molar-refractivity contribution in [2.24, 2.45) is 5.73 Å². The smallest absolute Gasteiger partial charge is 0.192 e. The van der Waals surface area contributed by atoms with Crippen molar-refractivity contribution in [2.75, 3.05) is 6.54 Å². The minimum absolute atomic E-state index is 0.120. The Morgan fingerprint density at radius 1 is 1.47 bits per heavy atom. The first-order valence-corrected chi connectivity index (χ1v) is 8.64. The fourth-order valence-electron chi connectivity index (χ4n) is 0.950. The molecule has 0 radical (unpaired) electrons. The Hall–Kier alpha value is 0.167. The monoisotopic (exact) mass is 249 g/mol. The first-order chi connectivity index (χ1) is 6.65. The van der Waals surface area contributed by atoms with Gasteiger partial charge in [-0.3, -0.25) is 0 Å². The average molecular weight is 250 g/mol. The van der Waals surface area contributed by atoms with E-state index in [2.05, 4.69) is 40.4 Å². The van der Waals surface area contributed by atoms with Crippen molar-refractivity contribution in [1.82, 2.24) is 0 Å². The lowest BCUT2D eigenvalue weighted by atomic mass is 10.2. The van der Waals surface area contributed by atoms with Gasteiger partial charge in [0.15, 0.2) is 8.32 Å². The molecule has 0 bridgehead atoms. The zero-order valence-corrected chi connectivity index (χ0v) is 12.3. The molecule has 0 unspecified atom stereocenters. The van der Waals surface area contributed by atoms with Gasteiger partial charge in [0, 0.05) is 6.54 Å². The van der Waals surface area contributed by atoms with E-state index in [0.29, 0.717) is 6.54 Å². The van der Waals surface area contributed by atoms with E-state index < -0.39 is 8.32 Å². The van der Waals surface area contributed by atoms with Gasteiger partial charge in [0.2, 0.25) is 0 Å². The van der Waals surface area contributed by atoms with E-state index in [1.807, 2.05) is 0 Å². The lowest BCUT2D eigenvalue weighted by molar-refractivity contribution is 0.194. The van der Waals surface area contributed by atoms with E-state index in [4.69, 9.17) is 21.8 Å². The molecule has 4 heteroatoms. The third-order valence-corrected chi connectivity index (χ3v) is 8.03. The summed E-state index contributed by atoms with van der Waals surface area (Å²) in [4.78, 5) is 0. The summed E-state index contributed by atoms with van der Waals surface area (Å²) in [5.74, 6) is 0. The molecule has 0 heterocycles. The van der Waals surface area contributed by atoms with E-state index in [0.717, 1.165) is 0 Å². The third-order valence-electron chi connectivity index (χ3n) is 3.06. The summed E-state index contributed by atoms with van der Waals surface area (Å²) < 4.78 is 6.11. The van der Waals surface area contributed by atoms with E-state index in [-0.39, 0.29) is 16.5 Å². The van der Waals surface area contributed by atoms with E-state index >= 15 is 0 Å². The molecule has 0 spiro atoms. The lowest BCUT2D eigenvalue weighted by Crippen LogP contribution is -2.48. The molecule has 2 atom stereocenters. The van der Waals surface area contributed by atoms with Crippen LogP contribution in [0, 0.1) is 0 Å². The van der Waals surface area contributed by atoms with Gasteiger partial charge in [-0.05, 0) is 18.1 Å². The summed E-state index contributed by atoms with van der Waals surface area (Å²) in [6, 6.07) is 0. The Kier molecular flexibility index (Phi) is 5.54. The highest BCUT2D eigenvalue weighted by Gasteiger charge is 2.39. The fourth-order valence-corrected chi connectivity index (χ4v) is 2.54. The molecule has 15 heavy (non-hydrogen) atoms. The molecule has 0 saturated carbocycles. The van der Waals surface area contributed by atoms with Crippen molar-refractivity contribution in [3.05, 3.63) is 12.7 Å². The van der Waals surface area contributed by atoms with Gasteiger partial charge in [0.25, 0.3) is 0 Å². The maximum absolute atomic E-state index is 6.11. The number of halogens is 1. The number of nitrogens with two attached hydrogens (primary N) is 1. The van der Waals surface area contributed by atoms with Gasteiger partial charge in [0.05, 0.1) is 11.5 Å². The van der Waals surface area contributed by atoms with Crippen molar-refractivity contribution in [1.29, 1.82) is 0 Å². The summed E-state index contributed by atoms with van der Waals surface area (Å²) in [5, 5.41) is -0.0257. The molecular weight excluding hydrogens is 226 g/mol. The highest BCUT2D eigenvalue weighted by atomic mass is 35.5. The van der Waals surface area contributed by atoms with Crippen LogP contribution in [0.15, 0.2) is 12.7 Å². The van der Waals surface area contributed by atoms with E-state index in [9.17, 15) is 0 Å². The molecule has 2 N–H and O–H groups in total. The van der Waals surface area contributed by atoms with Crippen LogP contribution in [0.1, 0.15) is 20.8 Å². The summed E-state index contributed by atoms with van der Waals surface area (Å²) in [6.07, 6.45) is 1.57. The molecule has 0 aliphatic heterocycles. The standard InChI is InChI=1S/C11H24ClNOSi/c1-7-9(12)10(8-13)14-15(5,6)11(2,3)4/h7,9-10H,1,8,13H2,2-6H3/t9-,10+/m0/s1. The van der Waals surface area contributed by atoms with Gasteiger partial charge in [-0.15, -0.1) is 18.2 Å². The SMILES string of the molecule is C=C[C@H](Cl)[C@@H](CN)O[Si](C)(C)C(C)(C)C. The summed E-state index contributed by atoms with van der Waals surface area (Å²) in [5.41, 5.74) is 5.66. The van der Waals surface area contributed by atoms with Crippen LogP contribution < -0.4 is 5.73 Å². The minimum Gasteiger partial charge on any atom is -0.411 e. The first kappa shape index (κ1) is 15.2. The molecular formula is C11H24ClNOSi. The van der Waals surface area contributed by atoms with Crippen LogP contribution in [-0.4, -0.2) is 26.3 Å². The largest absolute Gasteiger partial charge is 0.411 e. The minimum atomic E-state index is -1.78. The Bertz CT molecular complexity index is 213. The topological polar surface area (TPSA) is 35.2 Å². The molecule has 0 saturated heterocycles. The van der Waals surface area contributed by atoms with Crippen LogP contribution in [0.5, 0.6) is 0 Å². The van der Waals surface area contributed by atoms with Gasteiger partial charge in [-0.2, -0.15) is 0 Å². The van der Waals surface area contributed by atoms with Crippen LogP contribution in [0.3, 0.4) is 0 Å². The van der Waals surface area contributed by atoms with Crippen LogP contribution in [0.4, 0.5) is 0 Å². The molecule has 0 aromatic heterocycles. The van der Waals surface area contributed by atoms with Crippen LogP contribution in [-0.2, 0) is 4.43 Å². The predicted molar refractivity (Wildman–Crippen MR) is 71.0 cm³/mol. The molecule has 2 nitrogen and oxygen atoms in total. The second-order valence-corrected chi connectivity index (χ2v) is 10.6. The Morgan fingerprint density at radius 3 is 2.20 bits per heavy atom. The molecule has 0 aliphatic carbocycles. The van der Waals surface area contributed by atoms with Crippen LogP contribution in [0.2, 0.25) is 18.1 Å². The lowest BCUT2D eigenvalue weighted by Gasteiger charge is -2.39. The number of rotatable bonds is 5. The Labute approximate surface area is 100.0 Å². The molecule has 0 aromatic carbocycles. The van der Waals surface area contributed by atoms with Crippen molar-refractivity contribution in [2.45, 2.75) is 50.4 Å². The second kappa shape index (κ2) is 5.48. The Balaban J connectivity index is 4.61. The quantitative estimate of drug-likeness (QED) is 0.462. The summed E-state index contributed by atoms with van der Waals surface area (Å²) in [6.45, 7) is 15.1. The molecule has 0 fully saturated rings. The summed E-state index contributed by atoms with van der Waals surface area (Å²) in [7, 11) is -1.78. The maximum Gasteiger partial charge on any atom is 0.192 e. The van der Waals surface area contributed by atoms with Gasteiger partial charge < -0.3 is 10.2 Å². The van der Waals surface area contributed by atoms with Gasteiger partial charge >= 0.3 is 0 Å². The second-order valence-electron chi connectivity index (χ2n) is 5.33. The molecule has 0 rings (SSSR count). The van der Waals surface area contributed by atoms with Gasteiger partial charge in [0.1, 0.15) is 0 Å². The van der Waals surface area contributed by atoms with Crippen molar-refractivity contribution in [3.63, 3.8) is 0 Å². The van der Waals surface area contributed by atoms with E-state index in [1.54, 1.807) is 6.08 Å². The number of hydrogen-bond donors (Lipinski definition) is 1. The maximum atomic E-state index is 6.11. The van der Waals surface area contributed by atoms with Crippen LogP contribution >= 0.6 is 11.6 Å². The number of hydrogen-bond acceptors (Lipinski definition) is 2.